The van der Waals surface area contributed by atoms with Gasteiger partial charge in [0, 0.05) is 16.7 Å². The first-order chi connectivity index (χ1) is 13.2. The molecule has 0 fully saturated rings. The van der Waals surface area contributed by atoms with Crippen molar-refractivity contribution in [1.82, 2.24) is 0 Å². The third kappa shape index (κ3) is 2.47. The highest BCUT2D eigenvalue weighted by atomic mass is 16.7. The van der Waals surface area contributed by atoms with Crippen molar-refractivity contribution in [2.24, 2.45) is 0 Å². The number of aryl methyl sites for hydroxylation is 1. The van der Waals surface area contributed by atoms with Crippen molar-refractivity contribution >= 4 is 11.6 Å². The Morgan fingerprint density at radius 1 is 0.963 bits per heavy atom. The standard InChI is InChI=1S/C24H20O3/c1-16-7-12-23-18(13-16)14-22-21-6-4-3-5-17(21)15-26-24(22,27-23)19-8-10-20(25-2)11-9-19/h3-14H,15H2,1-2H3. The van der Waals surface area contributed by atoms with Gasteiger partial charge in [-0.3, -0.25) is 0 Å². The molecular weight excluding hydrogens is 336 g/mol. The second kappa shape index (κ2) is 6.00. The number of hydrogen-bond donors (Lipinski definition) is 0. The van der Waals surface area contributed by atoms with Gasteiger partial charge in [0.2, 0.25) is 0 Å². The molecule has 2 heterocycles. The van der Waals surface area contributed by atoms with Gasteiger partial charge in [-0.1, -0.05) is 35.9 Å². The van der Waals surface area contributed by atoms with Gasteiger partial charge in [0.05, 0.1) is 13.7 Å². The minimum atomic E-state index is -0.955. The van der Waals surface area contributed by atoms with Crippen LogP contribution in [0.25, 0.3) is 11.6 Å². The summed E-state index contributed by atoms with van der Waals surface area (Å²) >= 11 is 0. The fraction of sp³-hybridized carbons (Fsp3) is 0.167. The maximum Gasteiger partial charge on any atom is 0.265 e. The Bertz CT molecular complexity index is 1050. The van der Waals surface area contributed by atoms with Crippen molar-refractivity contribution in [3.05, 3.63) is 94.5 Å². The summed E-state index contributed by atoms with van der Waals surface area (Å²) in [4.78, 5) is 0. The summed E-state index contributed by atoms with van der Waals surface area (Å²) < 4.78 is 18.3. The van der Waals surface area contributed by atoms with Crippen molar-refractivity contribution in [2.75, 3.05) is 7.11 Å². The average Bonchev–Trinajstić information content (AvgIpc) is 2.72. The van der Waals surface area contributed by atoms with Crippen LogP contribution >= 0.6 is 0 Å². The summed E-state index contributed by atoms with van der Waals surface area (Å²) in [6.45, 7) is 2.59. The zero-order chi connectivity index (χ0) is 18.4. The minimum absolute atomic E-state index is 0.501. The van der Waals surface area contributed by atoms with E-state index in [0.717, 1.165) is 28.2 Å². The smallest absolute Gasteiger partial charge is 0.265 e. The Morgan fingerprint density at radius 2 is 1.78 bits per heavy atom. The maximum absolute atomic E-state index is 6.56. The molecule has 0 aliphatic carbocycles. The molecule has 3 aromatic carbocycles. The van der Waals surface area contributed by atoms with Gasteiger partial charge in [-0.2, -0.15) is 0 Å². The first kappa shape index (κ1) is 16.2. The van der Waals surface area contributed by atoms with Crippen LogP contribution in [0.1, 0.15) is 27.8 Å². The number of rotatable bonds is 2. The molecule has 0 bridgehead atoms. The van der Waals surface area contributed by atoms with Gasteiger partial charge in [0.1, 0.15) is 11.5 Å². The second-order valence-electron chi connectivity index (χ2n) is 6.99. The molecule has 134 valence electrons. The Kier molecular flexibility index (Phi) is 3.59. The van der Waals surface area contributed by atoms with Gasteiger partial charge >= 0.3 is 0 Å². The van der Waals surface area contributed by atoms with Gasteiger partial charge in [0.25, 0.3) is 5.79 Å². The molecule has 0 spiro atoms. The predicted octanol–water partition coefficient (Wildman–Crippen LogP) is 5.32. The van der Waals surface area contributed by atoms with Crippen LogP contribution in [0.15, 0.2) is 66.7 Å². The number of hydrogen-bond acceptors (Lipinski definition) is 3. The van der Waals surface area contributed by atoms with Crippen LogP contribution in [-0.4, -0.2) is 7.11 Å². The molecule has 2 aliphatic rings. The SMILES string of the molecule is COc1ccc(C23OCc4ccccc4C2=Cc2cc(C)ccc2O3)cc1. The van der Waals surface area contributed by atoms with Gasteiger partial charge in [0.15, 0.2) is 0 Å². The largest absolute Gasteiger partial charge is 0.497 e. The van der Waals surface area contributed by atoms with Crippen molar-refractivity contribution < 1.29 is 14.2 Å². The molecule has 3 heteroatoms. The monoisotopic (exact) mass is 356 g/mol. The lowest BCUT2D eigenvalue weighted by Gasteiger charge is -2.43. The van der Waals surface area contributed by atoms with Crippen LogP contribution < -0.4 is 9.47 Å². The summed E-state index contributed by atoms with van der Waals surface area (Å²) in [5.74, 6) is 0.686. The lowest BCUT2D eigenvalue weighted by atomic mass is 9.83. The van der Waals surface area contributed by atoms with Crippen LogP contribution in [0.3, 0.4) is 0 Å². The Hall–Kier alpha value is -3.04. The van der Waals surface area contributed by atoms with Gasteiger partial charge in [-0.05, 0) is 60.5 Å². The first-order valence-corrected chi connectivity index (χ1v) is 9.08. The van der Waals surface area contributed by atoms with Crippen LogP contribution in [-0.2, 0) is 17.1 Å². The molecule has 0 N–H and O–H groups in total. The summed E-state index contributed by atoms with van der Waals surface area (Å²) in [6.07, 6.45) is 2.20. The average molecular weight is 356 g/mol. The van der Waals surface area contributed by atoms with Gasteiger partial charge < -0.3 is 14.2 Å². The fourth-order valence-electron chi connectivity index (χ4n) is 3.89. The molecule has 0 aromatic heterocycles. The predicted molar refractivity (Wildman–Crippen MR) is 106 cm³/mol. The molecule has 3 aromatic rings. The van der Waals surface area contributed by atoms with Crippen LogP contribution in [0.5, 0.6) is 11.5 Å². The number of methoxy groups -OCH3 is 1. The lowest BCUT2D eigenvalue weighted by Crippen LogP contribution is -2.42. The number of ether oxygens (including phenoxy) is 3. The van der Waals surface area contributed by atoms with E-state index in [1.54, 1.807) is 7.11 Å². The molecule has 1 unspecified atom stereocenters. The van der Waals surface area contributed by atoms with E-state index in [1.165, 1.54) is 16.7 Å². The maximum atomic E-state index is 6.56. The minimum Gasteiger partial charge on any atom is -0.497 e. The number of benzene rings is 3. The van der Waals surface area contributed by atoms with Crippen LogP contribution in [0.2, 0.25) is 0 Å². The highest BCUT2D eigenvalue weighted by Gasteiger charge is 2.46. The highest BCUT2D eigenvalue weighted by Crippen LogP contribution is 2.51. The zero-order valence-electron chi connectivity index (χ0n) is 15.4. The number of fused-ring (bicyclic) bond motifs is 4. The third-order valence-electron chi connectivity index (χ3n) is 5.28. The molecule has 1 atom stereocenters. The quantitative estimate of drug-likeness (QED) is 0.622. The first-order valence-electron chi connectivity index (χ1n) is 9.08. The summed E-state index contributed by atoms with van der Waals surface area (Å²) in [5, 5.41) is 0. The molecular formula is C24H20O3. The molecule has 0 amide bonds. The normalized spacial score (nSPS) is 19.9. The highest BCUT2D eigenvalue weighted by molar-refractivity contribution is 5.91. The Morgan fingerprint density at radius 3 is 2.59 bits per heavy atom. The van der Waals surface area contributed by atoms with Crippen LogP contribution in [0.4, 0.5) is 0 Å². The molecule has 0 saturated carbocycles. The molecule has 27 heavy (non-hydrogen) atoms. The van der Waals surface area contributed by atoms with E-state index < -0.39 is 5.79 Å². The molecule has 0 radical (unpaired) electrons. The summed E-state index contributed by atoms with van der Waals surface area (Å²) in [6, 6.07) is 22.5. The van der Waals surface area contributed by atoms with E-state index >= 15 is 0 Å². The van der Waals surface area contributed by atoms with E-state index in [2.05, 4.69) is 43.3 Å². The molecule has 3 nitrogen and oxygen atoms in total. The Labute approximate surface area is 158 Å². The van der Waals surface area contributed by atoms with Crippen molar-refractivity contribution in [2.45, 2.75) is 19.3 Å². The molecule has 0 saturated heterocycles. The van der Waals surface area contributed by atoms with E-state index in [9.17, 15) is 0 Å². The summed E-state index contributed by atoms with van der Waals surface area (Å²) in [7, 11) is 1.67. The third-order valence-corrected chi connectivity index (χ3v) is 5.28. The molecule has 2 aliphatic heterocycles. The van der Waals surface area contributed by atoms with Crippen LogP contribution in [0, 0.1) is 6.92 Å². The van der Waals surface area contributed by atoms with E-state index in [4.69, 9.17) is 14.2 Å². The van der Waals surface area contributed by atoms with Gasteiger partial charge in [-0.25, -0.2) is 0 Å². The second-order valence-corrected chi connectivity index (χ2v) is 6.99. The van der Waals surface area contributed by atoms with Gasteiger partial charge in [-0.15, -0.1) is 0 Å². The van der Waals surface area contributed by atoms with Crippen molar-refractivity contribution in [1.29, 1.82) is 0 Å². The van der Waals surface area contributed by atoms with Crippen molar-refractivity contribution in [3.8, 4) is 11.5 Å². The lowest BCUT2D eigenvalue weighted by molar-refractivity contribution is -0.160. The van der Waals surface area contributed by atoms with E-state index in [0.29, 0.717) is 6.61 Å². The Balaban J connectivity index is 1.75. The summed E-state index contributed by atoms with van der Waals surface area (Å²) in [5.41, 5.74) is 6.62. The zero-order valence-corrected chi connectivity index (χ0v) is 15.4. The topological polar surface area (TPSA) is 27.7 Å². The molecule has 5 rings (SSSR count). The van der Waals surface area contributed by atoms with Crippen molar-refractivity contribution in [3.63, 3.8) is 0 Å². The fourth-order valence-corrected chi connectivity index (χ4v) is 3.89. The van der Waals surface area contributed by atoms with E-state index in [1.807, 2.05) is 36.4 Å². The van der Waals surface area contributed by atoms with E-state index in [-0.39, 0.29) is 0 Å².